The number of rotatable bonds is 0. The molecule has 0 spiro atoms. The summed E-state index contributed by atoms with van der Waals surface area (Å²) in [6, 6.07) is 3.81. The van der Waals surface area contributed by atoms with Crippen LogP contribution in [0.25, 0.3) is 10.9 Å². The van der Waals surface area contributed by atoms with Gasteiger partial charge in [0.15, 0.2) is 5.82 Å². The Labute approximate surface area is 69.4 Å². The molecule has 12 heavy (non-hydrogen) atoms. The summed E-state index contributed by atoms with van der Waals surface area (Å²) in [5, 5.41) is 8.30. The molecular weight excluding hydrogens is 152 g/mol. The summed E-state index contributed by atoms with van der Waals surface area (Å²) >= 11 is 0. The predicted octanol–water partition coefficient (Wildman–Crippen LogP) is 0.915. The Morgan fingerprint density at radius 2 is 2.17 bits per heavy atom. The van der Waals surface area contributed by atoms with Crippen molar-refractivity contribution in [2.24, 2.45) is 0 Å². The van der Waals surface area contributed by atoms with Gasteiger partial charge in [-0.3, -0.25) is 4.98 Å². The fraction of sp³-hybridized carbons (Fsp3) is 0.125. The Morgan fingerprint density at radius 1 is 1.33 bits per heavy atom. The van der Waals surface area contributed by atoms with Crippen LogP contribution in [0.1, 0.15) is 5.69 Å². The molecule has 0 aliphatic rings. The van der Waals surface area contributed by atoms with Crippen molar-refractivity contribution in [1.82, 2.24) is 15.2 Å². The van der Waals surface area contributed by atoms with Crippen LogP contribution in [-0.4, -0.2) is 15.2 Å². The Morgan fingerprint density at radius 3 is 3.00 bits per heavy atom. The lowest BCUT2D eigenvalue weighted by atomic mass is 10.2. The highest BCUT2D eigenvalue weighted by molar-refractivity contribution is 5.86. The van der Waals surface area contributed by atoms with Crippen molar-refractivity contribution in [1.29, 1.82) is 0 Å². The van der Waals surface area contributed by atoms with E-state index in [0.717, 1.165) is 16.6 Å². The van der Waals surface area contributed by atoms with Gasteiger partial charge in [-0.2, -0.15) is 5.10 Å². The fourth-order valence-corrected chi connectivity index (χ4v) is 1.09. The van der Waals surface area contributed by atoms with E-state index in [2.05, 4.69) is 15.2 Å². The molecule has 2 rings (SSSR count). The molecule has 2 N–H and O–H groups in total. The highest BCUT2D eigenvalue weighted by Gasteiger charge is 1.99. The number of anilines is 1. The van der Waals surface area contributed by atoms with Gasteiger partial charge in [0.25, 0.3) is 0 Å². The van der Waals surface area contributed by atoms with Crippen LogP contribution in [0.3, 0.4) is 0 Å². The maximum atomic E-state index is 5.59. The number of fused-ring (bicyclic) bond motifs is 1. The van der Waals surface area contributed by atoms with Gasteiger partial charge in [-0.1, -0.05) is 0 Å². The van der Waals surface area contributed by atoms with E-state index in [9.17, 15) is 0 Å². The second-order valence-electron chi connectivity index (χ2n) is 2.62. The lowest BCUT2D eigenvalue weighted by molar-refractivity contribution is 1.05. The van der Waals surface area contributed by atoms with Crippen LogP contribution in [0.2, 0.25) is 0 Å². The Kier molecular flexibility index (Phi) is 1.40. The summed E-state index contributed by atoms with van der Waals surface area (Å²) in [5.41, 5.74) is 7.34. The van der Waals surface area contributed by atoms with Crippen LogP contribution < -0.4 is 5.73 Å². The van der Waals surface area contributed by atoms with Crippen molar-refractivity contribution in [2.75, 3.05) is 5.73 Å². The Balaban J connectivity index is 2.86. The minimum absolute atomic E-state index is 0.431. The molecule has 0 aromatic carbocycles. The van der Waals surface area contributed by atoms with Crippen molar-refractivity contribution >= 4 is 16.7 Å². The van der Waals surface area contributed by atoms with Gasteiger partial charge in [0.05, 0.1) is 11.7 Å². The molecule has 2 aromatic rings. The molecule has 60 valence electrons. The number of hydrogen-bond acceptors (Lipinski definition) is 4. The first-order chi connectivity index (χ1) is 5.77. The molecule has 0 saturated heterocycles. The number of aryl methyl sites for hydroxylation is 1. The Hall–Kier alpha value is -1.71. The normalized spacial score (nSPS) is 10.4. The lowest BCUT2D eigenvalue weighted by Crippen LogP contribution is -1.95. The van der Waals surface area contributed by atoms with Crippen molar-refractivity contribution in [2.45, 2.75) is 6.92 Å². The SMILES string of the molecule is Cc1ccc2c(N)nncc2n1. The van der Waals surface area contributed by atoms with Crippen LogP contribution in [0.5, 0.6) is 0 Å². The van der Waals surface area contributed by atoms with Gasteiger partial charge in [-0.05, 0) is 19.1 Å². The number of nitrogen functional groups attached to an aromatic ring is 1. The summed E-state index contributed by atoms with van der Waals surface area (Å²) in [4.78, 5) is 4.25. The third-order valence-electron chi connectivity index (χ3n) is 1.69. The van der Waals surface area contributed by atoms with Gasteiger partial charge in [-0.15, -0.1) is 5.10 Å². The number of pyridine rings is 1. The fourth-order valence-electron chi connectivity index (χ4n) is 1.09. The van der Waals surface area contributed by atoms with Crippen LogP contribution in [0, 0.1) is 6.92 Å². The van der Waals surface area contributed by atoms with Crippen molar-refractivity contribution in [3.05, 3.63) is 24.0 Å². The van der Waals surface area contributed by atoms with E-state index in [1.165, 1.54) is 0 Å². The van der Waals surface area contributed by atoms with Crippen LogP contribution in [-0.2, 0) is 0 Å². The van der Waals surface area contributed by atoms with Crippen molar-refractivity contribution in [3.8, 4) is 0 Å². The summed E-state index contributed by atoms with van der Waals surface area (Å²) in [5.74, 6) is 0.431. The van der Waals surface area contributed by atoms with Gasteiger partial charge >= 0.3 is 0 Å². The molecule has 0 unspecified atom stereocenters. The molecule has 0 radical (unpaired) electrons. The summed E-state index contributed by atoms with van der Waals surface area (Å²) in [7, 11) is 0. The van der Waals surface area contributed by atoms with Crippen LogP contribution in [0.4, 0.5) is 5.82 Å². The number of nitrogens with two attached hydrogens (primary N) is 1. The average molecular weight is 160 g/mol. The van der Waals surface area contributed by atoms with Crippen molar-refractivity contribution in [3.63, 3.8) is 0 Å². The van der Waals surface area contributed by atoms with Gasteiger partial charge in [-0.25, -0.2) is 0 Å². The lowest BCUT2D eigenvalue weighted by Gasteiger charge is -1.98. The highest BCUT2D eigenvalue weighted by Crippen LogP contribution is 2.14. The molecule has 0 aliphatic carbocycles. The second kappa shape index (κ2) is 2.41. The second-order valence-corrected chi connectivity index (χ2v) is 2.62. The molecule has 0 aliphatic heterocycles. The van der Waals surface area contributed by atoms with E-state index in [-0.39, 0.29) is 0 Å². The molecule has 0 amide bonds. The first-order valence-corrected chi connectivity index (χ1v) is 3.62. The maximum Gasteiger partial charge on any atom is 0.155 e. The third-order valence-corrected chi connectivity index (χ3v) is 1.69. The third kappa shape index (κ3) is 0.972. The maximum absolute atomic E-state index is 5.59. The zero-order valence-electron chi connectivity index (χ0n) is 6.65. The van der Waals surface area contributed by atoms with Gasteiger partial charge < -0.3 is 5.73 Å². The van der Waals surface area contributed by atoms with Crippen LogP contribution in [0.15, 0.2) is 18.3 Å². The van der Waals surface area contributed by atoms with E-state index >= 15 is 0 Å². The monoisotopic (exact) mass is 160 g/mol. The largest absolute Gasteiger partial charge is 0.382 e. The zero-order valence-corrected chi connectivity index (χ0v) is 6.65. The van der Waals surface area contributed by atoms with Gasteiger partial charge in [0.1, 0.15) is 0 Å². The molecule has 0 saturated carbocycles. The molecule has 0 bridgehead atoms. The molecule has 2 aromatic heterocycles. The van der Waals surface area contributed by atoms with Crippen LogP contribution >= 0.6 is 0 Å². The van der Waals surface area contributed by atoms with E-state index < -0.39 is 0 Å². The number of aromatic nitrogens is 3. The summed E-state index contributed by atoms with van der Waals surface area (Å²) in [6.45, 7) is 1.93. The quantitative estimate of drug-likeness (QED) is 0.622. The standard InChI is InChI=1S/C8H8N4/c1-5-2-3-6-7(11-5)4-10-12-8(6)9/h2-4H,1H3,(H2,9,12). The molecule has 4 nitrogen and oxygen atoms in total. The summed E-state index contributed by atoms with van der Waals surface area (Å²) < 4.78 is 0. The van der Waals surface area contributed by atoms with E-state index in [0.29, 0.717) is 5.82 Å². The van der Waals surface area contributed by atoms with Crippen molar-refractivity contribution < 1.29 is 0 Å². The van der Waals surface area contributed by atoms with E-state index in [1.807, 2.05) is 19.1 Å². The zero-order chi connectivity index (χ0) is 8.55. The highest BCUT2D eigenvalue weighted by atomic mass is 15.1. The first kappa shape index (κ1) is 6.97. The smallest absolute Gasteiger partial charge is 0.155 e. The topological polar surface area (TPSA) is 64.7 Å². The summed E-state index contributed by atoms with van der Waals surface area (Å²) in [6.07, 6.45) is 1.61. The number of nitrogens with zero attached hydrogens (tertiary/aromatic N) is 3. The van der Waals surface area contributed by atoms with E-state index in [4.69, 9.17) is 5.73 Å². The first-order valence-electron chi connectivity index (χ1n) is 3.62. The number of hydrogen-bond donors (Lipinski definition) is 1. The molecule has 0 fully saturated rings. The van der Waals surface area contributed by atoms with E-state index in [1.54, 1.807) is 6.20 Å². The molecule has 2 heterocycles. The molecule has 4 heteroatoms. The van der Waals surface area contributed by atoms with Gasteiger partial charge in [0, 0.05) is 11.1 Å². The van der Waals surface area contributed by atoms with Gasteiger partial charge in [0.2, 0.25) is 0 Å². The Bertz CT molecular complexity index is 424. The average Bonchev–Trinajstić information content (AvgIpc) is 2.04. The minimum Gasteiger partial charge on any atom is -0.382 e. The minimum atomic E-state index is 0.431. The molecule has 0 atom stereocenters. The predicted molar refractivity (Wildman–Crippen MR) is 46.5 cm³/mol. The molecular formula is C8H8N4.